The second-order valence-corrected chi connectivity index (χ2v) is 7.25. The fraction of sp³-hybridized carbons (Fsp3) is 1.00. The smallest absolute Gasteiger partial charge is 0.0210 e. The molecule has 0 aromatic heterocycles. The van der Waals surface area contributed by atoms with Crippen molar-refractivity contribution in [2.75, 3.05) is 0 Å². The van der Waals surface area contributed by atoms with Gasteiger partial charge in [-0.25, -0.2) is 0 Å². The van der Waals surface area contributed by atoms with Gasteiger partial charge in [0, 0.05) is 5.54 Å². The second-order valence-electron chi connectivity index (χ2n) is 7.25. The minimum Gasteiger partial charge on any atom is -0.325 e. The summed E-state index contributed by atoms with van der Waals surface area (Å²) in [4.78, 5) is 0. The van der Waals surface area contributed by atoms with E-state index in [4.69, 9.17) is 5.73 Å². The highest BCUT2D eigenvalue weighted by Crippen LogP contribution is 2.77. The Morgan fingerprint density at radius 2 is 1.36 bits per heavy atom. The minimum atomic E-state index is 0.142. The van der Waals surface area contributed by atoms with Crippen LogP contribution in [0.4, 0.5) is 0 Å². The van der Waals surface area contributed by atoms with Crippen molar-refractivity contribution in [2.24, 2.45) is 27.9 Å². The predicted molar refractivity (Wildman–Crippen MR) is 61.0 cm³/mol. The fourth-order valence-corrected chi connectivity index (χ4v) is 4.07. The van der Waals surface area contributed by atoms with Crippen LogP contribution in [-0.2, 0) is 0 Å². The Hall–Kier alpha value is -0.0400. The van der Waals surface area contributed by atoms with Crippen LogP contribution < -0.4 is 5.73 Å². The minimum absolute atomic E-state index is 0.142. The highest BCUT2D eigenvalue weighted by atomic mass is 14.9. The summed E-state index contributed by atoms with van der Waals surface area (Å²) in [6.45, 7) is 14.3. The first-order chi connectivity index (χ1) is 6.07. The number of nitrogens with two attached hydrogens (primary N) is 1. The summed E-state index contributed by atoms with van der Waals surface area (Å²) in [5, 5.41) is 0. The Balaban J connectivity index is 2.26. The summed E-state index contributed by atoms with van der Waals surface area (Å²) >= 11 is 0. The maximum atomic E-state index is 6.41. The molecular formula is C13H25N. The fourth-order valence-electron chi connectivity index (χ4n) is 4.07. The molecule has 2 fully saturated rings. The zero-order chi connectivity index (χ0) is 11.0. The molecule has 0 unspecified atom stereocenters. The highest BCUT2D eigenvalue weighted by molar-refractivity contribution is 5.24. The molecule has 1 heteroatoms. The van der Waals surface area contributed by atoms with Gasteiger partial charge in [0.1, 0.15) is 0 Å². The zero-order valence-electron chi connectivity index (χ0n) is 10.6. The molecule has 14 heavy (non-hydrogen) atoms. The van der Waals surface area contributed by atoms with E-state index in [9.17, 15) is 0 Å². The Morgan fingerprint density at radius 1 is 1.00 bits per heavy atom. The SMILES string of the molecule is CC(C)(C1C(C)(C)C1(C)C)C1(N)CC1. The topological polar surface area (TPSA) is 26.0 Å². The van der Waals surface area contributed by atoms with Crippen molar-refractivity contribution >= 4 is 0 Å². The highest BCUT2D eigenvalue weighted by Gasteiger charge is 2.73. The van der Waals surface area contributed by atoms with Crippen LogP contribution in [0.1, 0.15) is 54.4 Å². The maximum absolute atomic E-state index is 6.41. The lowest BCUT2D eigenvalue weighted by molar-refractivity contribution is 0.183. The molecule has 0 heterocycles. The van der Waals surface area contributed by atoms with Crippen molar-refractivity contribution in [1.29, 1.82) is 0 Å². The van der Waals surface area contributed by atoms with E-state index < -0.39 is 0 Å². The van der Waals surface area contributed by atoms with Crippen molar-refractivity contribution in [2.45, 2.75) is 59.9 Å². The first-order valence-electron chi connectivity index (χ1n) is 5.86. The lowest BCUT2D eigenvalue weighted by Crippen LogP contribution is -2.43. The van der Waals surface area contributed by atoms with Gasteiger partial charge < -0.3 is 5.73 Å². The molecule has 0 aliphatic heterocycles. The molecule has 2 aliphatic rings. The molecule has 0 radical (unpaired) electrons. The van der Waals surface area contributed by atoms with Gasteiger partial charge in [-0.2, -0.15) is 0 Å². The van der Waals surface area contributed by atoms with E-state index in [1.54, 1.807) is 0 Å². The molecule has 0 atom stereocenters. The largest absolute Gasteiger partial charge is 0.325 e. The van der Waals surface area contributed by atoms with Crippen LogP contribution in [-0.4, -0.2) is 5.54 Å². The summed E-state index contributed by atoms with van der Waals surface area (Å²) < 4.78 is 0. The van der Waals surface area contributed by atoms with Gasteiger partial charge in [0.15, 0.2) is 0 Å². The number of rotatable bonds is 2. The van der Waals surface area contributed by atoms with Gasteiger partial charge in [-0.1, -0.05) is 41.5 Å². The molecule has 2 rings (SSSR count). The first kappa shape index (κ1) is 10.5. The summed E-state index contributed by atoms with van der Waals surface area (Å²) in [5.41, 5.74) is 7.78. The Morgan fingerprint density at radius 3 is 1.57 bits per heavy atom. The quantitative estimate of drug-likeness (QED) is 0.719. The number of hydrogen-bond acceptors (Lipinski definition) is 1. The van der Waals surface area contributed by atoms with Crippen LogP contribution in [0.3, 0.4) is 0 Å². The average Bonchev–Trinajstić information content (AvgIpc) is 2.74. The van der Waals surface area contributed by atoms with Crippen LogP contribution in [0.15, 0.2) is 0 Å². The molecule has 2 aliphatic carbocycles. The van der Waals surface area contributed by atoms with Crippen LogP contribution in [0.25, 0.3) is 0 Å². The monoisotopic (exact) mass is 195 g/mol. The Bertz CT molecular complexity index is 255. The van der Waals surface area contributed by atoms with E-state index in [-0.39, 0.29) is 5.54 Å². The summed E-state index contributed by atoms with van der Waals surface area (Å²) in [7, 11) is 0. The van der Waals surface area contributed by atoms with E-state index in [0.29, 0.717) is 16.2 Å². The predicted octanol–water partition coefficient (Wildman–Crippen LogP) is 3.19. The van der Waals surface area contributed by atoms with E-state index >= 15 is 0 Å². The van der Waals surface area contributed by atoms with Gasteiger partial charge in [-0.15, -0.1) is 0 Å². The van der Waals surface area contributed by atoms with Gasteiger partial charge >= 0.3 is 0 Å². The normalized spacial score (nSPS) is 32.8. The maximum Gasteiger partial charge on any atom is 0.0210 e. The Labute approximate surface area is 88.4 Å². The van der Waals surface area contributed by atoms with E-state index in [2.05, 4.69) is 41.5 Å². The molecule has 2 N–H and O–H groups in total. The summed E-state index contributed by atoms with van der Waals surface area (Å²) in [6, 6.07) is 0. The molecule has 2 saturated carbocycles. The average molecular weight is 195 g/mol. The lowest BCUT2D eigenvalue weighted by atomic mass is 9.74. The van der Waals surface area contributed by atoms with Gasteiger partial charge in [0.05, 0.1) is 0 Å². The Kier molecular flexibility index (Phi) is 1.65. The van der Waals surface area contributed by atoms with Crippen LogP contribution in [0.2, 0.25) is 0 Å². The van der Waals surface area contributed by atoms with Gasteiger partial charge in [-0.3, -0.25) is 0 Å². The number of hydrogen-bond donors (Lipinski definition) is 1. The molecule has 1 nitrogen and oxygen atoms in total. The zero-order valence-corrected chi connectivity index (χ0v) is 10.6. The standard InChI is InChI=1S/C13H25N/c1-10(2)9(11(10,3)4)12(5,6)13(14)7-8-13/h9H,7-8,14H2,1-6H3. The van der Waals surface area contributed by atoms with Crippen LogP contribution >= 0.6 is 0 Å². The lowest BCUT2D eigenvalue weighted by Gasteiger charge is -2.34. The third-order valence-electron chi connectivity index (χ3n) is 5.81. The van der Waals surface area contributed by atoms with Gasteiger partial charge in [0.2, 0.25) is 0 Å². The van der Waals surface area contributed by atoms with E-state index in [1.165, 1.54) is 12.8 Å². The van der Waals surface area contributed by atoms with Crippen LogP contribution in [0, 0.1) is 22.2 Å². The van der Waals surface area contributed by atoms with Gasteiger partial charge in [-0.05, 0) is 35.0 Å². The molecule has 0 bridgehead atoms. The molecule has 0 spiro atoms. The van der Waals surface area contributed by atoms with E-state index in [0.717, 1.165) is 5.92 Å². The van der Waals surface area contributed by atoms with Crippen molar-refractivity contribution in [3.8, 4) is 0 Å². The third kappa shape index (κ3) is 0.946. The van der Waals surface area contributed by atoms with Crippen molar-refractivity contribution in [3.05, 3.63) is 0 Å². The van der Waals surface area contributed by atoms with Crippen molar-refractivity contribution in [3.63, 3.8) is 0 Å². The molecule has 82 valence electrons. The van der Waals surface area contributed by atoms with Crippen molar-refractivity contribution in [1.82, 2.24) is 0 Å². The molecular weight excluding hydrogens is 170 g/mol. The second kappa shape index (κ2) is 2.21. The van der Waals surface area contributed by atoms with Crippen LogP contribution in [0.5, 0.6) is 0 Å². The molecule has 0 aromatic carbocycles. The third-order valence-corrected chi connectivity index (χ3v) is 5.81. The van der Waals surface area contributed by atoms with Gasteiger partial charge in [0.25, 0.3) is 0 Å². The summed E-state index contributed by atoms with van der Waals surface area (Å²) in [6.07, 6.45) is 2.45. The molecule has 0 aromatic rings. The van der Waals surface area contributed by atoms with E-state index in [1.807, 2.05) is 0 Å². The molecule has 0 amide bonds. The van der Waals surface area contributed by atoms with Crippen molar-refractivity contribution < 1.29 is 0 Å². The molecule has 0 saturated heterocycles. The first-order valence-corrected chi connectivity index (χ1v) is 5.86. The summed E-state index contributed by atoms with van der Waals surface area (Å²) in [5.74, 6) is 0.773.